The van der Waals surface area contributed by atoms with Gasteiger partial charge < -0.3 is 15.0 Å². The number of amides is 2. The van der Waals surface area contributed by atoms with E-state index >= 15 is 0 Å². The van der Waals surface area contributed by atoms with E-state index in [0.717, 1.165) is 19.3 Å². The van der Waals surface area contributed by atoms with Crippen LogP contribution in [0.15, 0.2) is 18.2 Å². The zero-order valence-electron chi connectivity index (χ0n) is 17.1. The SMILES string of the molecule is CCN(CC)C(=O)COc1ccc(NC(=O)C2CC3CCCC(C2)C3=O)cc1Cl. The lowest BCUT2D eigenvalue weighted by Crippen LogP contribution is -2.40. The summed E-state index contributed by atoms with van der Waals surface area (Å²) < 4.78 is 5.55. The quantitative estimate of drug-likeness (QED) is 0.725. The molecule has 0 heterocycles. The van der Waals surface area contributed by atoms with E-state index in [4.69, 9.17) is 16.3 Å². The number of anilines is 1. The van der Waals surface area contributed by atoms with Crippen molar-refractivity contribution in [3.63, 3.8) is 0 Å². The van der Waals surface area contributed by atoms with Crippen molar-refractivity contribution in [3.05, 3.63) is 23.2 Å². The molecule has 2 aliphatic carbocycles. The fourth-order valence-electron chi connectivity index (χ4n) is 4.44. The fraction of sp³-hybridized carbons (Fsp3) is 0.591. The summed E-state index contributed by atoms with van der Waals surface area (Å²) in [7, 11) is 0. The highest BCUT2D eigenvalue weighted by molar-refractivity contribution is 6.32. The highest BCUT2D eigenvalue weighted by Gasteiger charge is 2.41. The Morgan fingerprint density at radius 2 is 1.83 bits per heavy atom. The number of hydrogen-bond acceptors (Lipinski definition) is 4. The summed E-state index contributed by atoms with van der Waals surface area (Å²) >= 11 is 6.28. The molecule has 6 nitrogen and oxygen atoms in total. The van der Waals surface area contributed by atoms with Gasteiger partial charge in [-0.1, -0.05) is 18.0 Å². The number of nitrogens with one attached hydrogen (secondary N) is 1. The van der Waals surface area contributed by atoms with Crippen LogP contribution in [0.1, 0.15) is 46.0 Å². The minimum atomic E-state index is -0.135. The minimum Gasteiger partial charge on any atom is -0.482 e. The molecule has 2 bridgehead atoms. The molecule has 0 aromatic heterocycles. The normalized spacial score (nSPS) is 23.4. The lowest BCUT2D eigenvalue weighted by atomic mass is 9.67. The third kappa shape index (κ3) is 5.10. The molecule has 0 aliphatic heterocycles. The van der Waals surface area contributed by atoms with E-state index in [1.165, 1.54) is 0 Å². The number of rotatable bonds is 7. The highest BCUT2D eigenvalue weighted by atomic mass is 35.5. The number of carbonyl (C=O) groups is 3. The number of nitrogens with zero attached hydrogens (tertiary/aromatic N) is 1. The van der Waals surface area contributed by atoms with Gasteiger partial charge in [0.05, 0.1) is 5.02 Å². The van der Waals surface area contributed by atoms with E-state index in [1.54, 1.807) is 23.1 Å². The molecular formula is C22H29ClN2O4. The van der Waals surface area contributed by atoms with Gasteiger partial charge in [0.2, 0.25) is 5.91 Å². The summed E-state index contributed by atoms with van der Waals surface area (Å²) in [5.41, 5.74) is 0.587. The largest absolute Gasteiger partial charge is 0.482 e. The van der Waals surface area contributed by atoms with Gasteiger partial charge >= 0.3 is 0 Å². The number of ether oxygens (including phenoxy) is 1. The van der Waals surface area contributed by atoms with Gasteiger partial charge in [-0.2, -0.15) is 0 Å². The summed E-state index contributed by atoms with van der Waals surface area (Å²) in [5, 5.41) is 3.26. The Labute approximate surface area is 176 Å². The summed E-state index contributed by atoms with van der Waals surface area (Å²) in [5.74, 6) is 0.551. The summed E-state index contributed by atoms with van der Waals surface area (Å²) in [6, 6.07) is 5.01. The van der Waals surface area contributed by atoms with Gasteiger partial charge in [0.1, 0.15) is 11.5 Å². The second kappa shape index (κ2) is 9.61. The van der Waals surface area contributed by atoms with Crippen LogP contribution in [0.25, 0.3) is 0 Å². The summed E-state index contributed by atoms with van der Waals surface area (Å²) in [4.78, 5) is 38.7. The molecule has 2 unspecified atom stereocenters. The van der Waals surface area contributed by atoms with Gasteiger partial charge in [0.25, 0.3) is 5.91 Å². The predicted octanol–water partition coefficient (Wildman–Crippen LogP) is 3.92. The molecule has 1 aromatic carbocycles. The topological polar surface area (TPSA) is 75.7 Å². The van der Waals surface area contributed by atoms with Gasteiger partial charge in [-0.3, -0.25) is 14.4 Å². The first-order valence-electron chi connectivity index (χ1n) is 10.5. The molecule has 1 N–H and O–H groups in total. The van der Waals surface area contributed by atoms with E-state index in [-0.39, 0.29) is 36.2 Å². The number of halogens is 1. The summed E-state index contributed by atoms with van der Waals surface area (Å²) in [6.07, 6.45) is 4.18. The van der Waals surface area contributed by atoms with Crippen LogP contribution in [0.3, 0.4) is 0 Å². The highest BCUT2D eigenvalue weighted by Crippen LogP contribution is 2.40. The molecule has 2 aliphatic rings. The van der Waals surface area contributed by atoms with Crippen molar-refractivity contribution in [2.75, 3.05) is 25.0 Å². The van der Waals surface area contributed by atoms with E-state index in [2.05, 4.69) is 5.32 Å². The second-order valence-corrected chi connectivity index (χ2v) is 8.29. The molecule has 2 amide bonds. The number of fused-ring (bicyclic) bond motifs is 2. The molecule has 2 atom stereocenters. The molecule has 1 aromatic rings. The Morgan fingerprint density at radius 1 is 1.17 bits per heavy atom. The van der Waals surface area contributed by atoms with Crippen molar-refractivity contribution >= 4 is 34.9 Å². The number of ketones is 1. The molecule has 158 valence electrons. The van der Waals surface area contributed by atoms with Gasteiger partial charge in [-0.05, 0) is 57.7 Å². The Balaban J connectivity index is 1.57. The van der Waals surface area contributed by atoms with Crippen molar-refractivity contribution in [2.24, 2.45) is 17.8 Å². The van der Waals surface area contributed by atoms with Crippen molar-refractivity contribution < 1.29 is 19.1 Å². The molecule has 2 saturated carbocycles. The molecule has 2 fully saturated rings. The van der Waals surface area contributed by atoms with Crippen LogP contribution in [0.2, 0.25) is 5.02 Å². The third-order valence-electron chi connectivity index (χ3n) is 6.09. The summed E-state index contributed by atoms with van der Waals surface area (Å²) in [6.45, 7) is 5.02. The predicted molar refractivity (Wildman–Crippen MR) is 112 cm³/mol. The average molecular weight is 421 g/mol. The van der Waals surface area contributed by atoms with Crippen molar-refractivity contribution in [1.29, 1.82) is 0 Å². The van der Waals surface area contributed by atoms with Crippen molar-refractivity contribution in [3.8, 4) is 5.75 Å². The Hall–Kier alpha value is -2.08. The molecule has 29 heavy (non-hydrogen) atoms. The minimum absolute atomic E-state index is 0.0426. The third-order valence-corrected chi connectivity index (χ3v) is 6.38. The number of likely N-dealkylation sites (N-methyl/N-ethyl adjacent to an activating group) is 1. The van der Waals surface area contributed by atoms with Crippen LogP contribution in [0, 0.1) is 17.8 Å². The van der Waals surface area contributed by atoms with Crippen LogP contribution in [0.5, 0.6) is 5.75 Å². The van der Waals surface area contributed by atoms with Crippen molar-refractivity contribution in [2.45, 2.75) is 46.0 Å². The van der Waals surface area contributed by atoms with Gasteiger partial charge in [-0.15, -0.1) is 0 Å². The van der Waals surface area contributed by atoms with E-state index in [0.29, 0.717) is 48.2 Å². The maximum Gasteiger partial charge on any atom is 0.260 e. The number of Topliss-reactive ketones (excluding diaryl/α,β-unsaturated/α-hetero) is 1. The van der Waals surface area contributed by atoms with Gasteiger partial charge in [-0.25, -0.2) is 0 Å². The van der Waals surface area contributed by atoms with E-state index in [1.807, 2.05) is 13.8 Å². The smallest absolute Gasteiger partial charge is 0.260 e. The van der Waals surface area contributed by atoms with Gasteiger partial charge in [0, 0.05) is 36.5 Å². The number of hydrogen-bond donors (Lipinski definition) is 1. The monoisotopic (exact) mass is 420 g/mol. The van der Waals surface area contributed by atoms with E-state index in [9.17, 15) is 14.4 Å². The molecule has 0 saturated heterocycles. The maximum absolute atomic E-state index is 12.7. The first-order chi connectivity index (χ1) is 13.9. The number of carbonyl (C=O) groups excluding carboxylic acids is 3. The lowest BCUT2D eigenvalue weighted by Gasteiger charge is -2.36. The second-order valence-electron chi connectivity index (χ2n) is 7.88. The lowest BCUT2D eigenvalue weighted by molar-refractivity contribution is -0.136. The van der Waals surface area contributed by atoms with Crippen LogP contribution in [-0.4, -0.2) is 42.2 Å². The molecule has 0 spiro atoms. The Kier molecular flexibility index (Phi) is 7.17. The average Bonchev–Trinajstić information content (AvgIpc) is 2.68. The van der Waals surface area contributed by atoms with E-state index < -0.39 is 0 Å². The first kappa shape index (κ1) is 21.6. The maximum atomic E-state index is 12.7. The van der Waals surface area contributed by atoms with Crippen LogP contribution < -0.4 is 10.1 Å². The molecular weight excluding hydrogens is 392 g/mol. The first-order valence-corrected chi connectivity index (χ1v) is 10.8. The molecule has 0 radical (unpaired) electrons. The standard InChI is InChI=1S/C22H29ClN2O4/c1-3-25(4-2)20(26)13-29-19-9-8-17(12-18(19)23)24-22(28)16-10-14-6-5-7-15(11-16)21(14)27/h8-9,12,14-16H,3-7,10-11,13H2,1-2H3,(H,24,28). The Bertz CT molecular complexity index is 762. The molecule has 3 rings (SSSR count). The van der Waals surface area contributed by atoms with Crippen LogP contribution >= 0.6 is 11.6 Å². The van der Waals surface area contributed by atoms with Gasteiger partial charge in [0.15, 0.2) is 6.61 Å². The zero-order chi connectivity index (χ0) is 21.0. The zero-order valence-corrected chi connectivity index (χ0v) is 17.8. The number of benzene rings is 1. The van der Waals surface area contributed by atoms with Crippen molar-refractivity contribution in [1.82, 2.24) is 4.90 Å². The van der Waals surface area contributed by atoms with Crippen LogP contribution in [-0.2, 0) is 14.4 Å². The molecule has 7 heteroatoms. The Morgan fingerprint density at radius 3 is 2.41 bits per heavy atom. The van der Waals surface area contributed by atoms with Crippen LogP contribution in [0.4, 0.5) is 5.69 Å². The fourth-order valence-corrected chi connectivity index (χ4v) is 4.68.